The van der Waals surface area contributed by atoms with Crippen LogP contribution in [0.5, 0.6) is 5.75 Å². The maximum Gasteiger partial charge on any atom is 0.573 e. The first-order chi connectivity index (χ1) is 7.70. The molecule has 0 spiro atoms. The molecule has 1 aromatic carbocycles. The molecule has 1 unspecified atom stereocenters. The average Bonchev–Trinajstić information content (AvgIpc) is 2.18. The van der Waals surface area contributed by atoms with Gasteiger partial charge >= 0.3 is 6.36 Å². The van der Waals surface area contributed by atoms with Gasteiger partial charge in [-0.1, -0.05) is 0 Å². The summed E-state index contributed by atoms with van der Waals surface area (Å²) in [5, 5.41) is -0.722. The summed E-state index contributed by atoms with van der Waals surface area (Å²) in [6, 6.07) is 3.66. The number of hydrogen-bond donors (Lipinski definition) is 0. The molecule has 0 aromatic heterocycles. The van der Waals surface area contributed by atoms with E-state index in [0.717, 1.165) is 6.07 Å². The van der Waals surface area contributed by atoms with E-state index >= 15 is 0 Å². The van der Waals surface area contributed by atoms with Crippen LogP contribution in [0.4, 0.5) is 13.2 Å². The fraction of sp³-hybridized carbons (Fsp3) is 0.300. The van der Waals surface area contributed by atoms with E-state index in [1.807, 2.05) is 0 Å². The first kappa shape index (κ1) is 14.6. The molecule has 0 N–H and O–H groups in total. The second-order valence-electron chi connectivity index (χ2n) is 3.17. The van der Waals surface area contributed by atoms with Crippen molar-refractivity contribution in [3.05, 3.63) is 27.3 Å². The summed E-state index contributed by atoms with van der Waals surface area (Å²) in [4.78, 5) is 11.5. The normalized spacial score (nSPS) is 13.3. The van der Waals surface area contributed by atoms with Gasteiger partial charge in [-0.05, 0) is 47.7 Å². The molecule has 0 aliphatic rings. The zero-order chi connectivity index (χ0) is 13.2. The summed E-state index contributed by atoms with van der Waals surface area (Å²) in [6.45, 7) is 1.50. The lowest BCUT2D eigenvalue weighted by molar-refractivity contribution is -0.274. The molecule has 0 aliphatic heterocycles. The van der Waals surface area contributed by atoms with Gasteiger partial charge < -0.3 is 4.74 Å². The van der Waals surface area contributed by atoms with Crippen molar-refractivity contribution < 1.29 is 22.7 Å². The Labute approximate surface area is 114 Å². The van der Waals surface area contributed by atoms with Crippen molar-refractivity contribution in [2.75, 3.05) is 0 Å². The first-order valence-corrected chi connectivity index (χ1v) is 5.96. The van der Waals surface area contributed by atoms with Crippen molar-refractivity contribution in [3.8, 4) is 5.75 Å². The third kappa shape index (κ3) is 4.34. The molecule has 1 atom stereocenters. The van der Waals surface area contributed by atoms with E-state index < -0.39 is 11.7 Å². The Bertz CT molecular complexity index is 432. The predicted octanol–water partition coefficient (Wildman–Crippen LogP) is 4.00. The minimum atomic E-state index is -4.74. The number of halogens is 5. The molecule has 0 saturated carbocycles. The van der Waals surface area contributed by atoms with Gasteiger partial charge in [0.15, 0.2) is 5.78 Å². The van der Waals surface area contributed by atoms with Gasteiger partial charge in [-0.3, -0.25) is 4.79 Å². The van der Waals surface area contributed by atoms with Crippen LogP contribution in [0, 0.1) is 3.57 Å². The SMILES string of the molecule is CC(Cl)C(=O)c1ccc(OC(F)(F)F)c(I)c1. The monoisotopic (exact) mass is 378 g/mol. The standard InChI is InChI=1S/C10H7ClF3IO2/c1-5(11)9(16)6-2-3-8(7(15)4-6)17-10(12,13)14/h2-5H,1H3. The van der Waals surface area contributed by atoms with Crippen LogP contribution < -0.4 is 4.74 Å². The predicted molar refractivity (Wildman–Crippen MR) is 65.5 cm³/mol. The quantitative estimate of drug-likeness (QED) is 0.451. The molecular formula is C10H7ClF3IO2. The van der Waals surface area contributed by atoms with Crippen LogP contribution in [0.25, 0.3) is 0 Å². The largest absolute Gasteiger partial charge is 0.573 e. The Kier molecular flexibility index (Phi) is 4.65. The van der Waals surface area contributed by atoms with Crippen LogP contribution in [0.1, 0.15) is 17.3 Å². The van der Waals surface area contributed by atoms with E-state index in [4.69, 9.17) is 11.6 Å². The molecule has 1 rings (SSSR count). The molecule has 0 aliphatic carbocycles. The van der Waals surface area contributed by atoms with Crippen molar-refractivity contribution >= 4 is 40.0 Å². The molecule has 0 amide bonds. The van der Waals surface area contributed by atoms with E-state index in [1.54, 1.807) is 22.6 Å². The van der Waals surface area contributed by atoms with Gasteiger partial charge in [0.1, 0.15) is 5.75 Å². The Hall–Kier alpha value is -0.500. The van der Waals surface area contributed by atoms with Crippen LogP contribution >= 0.6 is 34.2 Å². The molecule has 94 valence electrons. The van der Waals surface area contributed by atoms with Crippen LogP contribution in [0.15, 0.2) is 18.2 Å². The number of benzene rings is 1. The lowest BCUT2D eigenvalue weighted by Gasteiger charge is -2.11. The maximum atomic E-state index is 12.0. The Morgan fingerprint density at radius 3 is 2.47 bits per heavy atom. The third-order valence-electron chi connectivity index (χ3n) is 1.80. The zero-order valence-electron chi connectivity index (χ0n) is 8.52. The van der Waals surface area contributed by atoms with Crippen LogP contribution in [-0.4, -0.2) is 17.5 Å². The summed E-state index contributed by atoms with van der Waals surface area (Å²) < 4.78 is 40.0. The van der Waals surface area contributed by atoms with Gasteiger partial charge in [-0.2, -0.15) is 0 Å². The van der Waals surface area contributed by atoms with E-state index in [1.165, 1.54) is 19.1 Å². The Morgan fingerprint density at radius 2 is 2.06 bits per heavy atom. The summed E-state index contributed by atoms with van der Waals surface area (Å²) in [7, 11) is 0. The number of carbonyl (C=O) groups excluding carboxylic acids is 1. The van der Waals surface area contributed by atoms with Crippen molar-refractivity contribution in [3.63, 3.8) is 0 Å². The number of alkyl halides is 4. The van der Waals surface area contributed by atoms with Crippen LogP contribution in [0.2, 0.25) is 0 Å². The lowest BCUT2D eigenvalue weighted by atomic mass is 10.1. The maximum absolute atomic E-state index is 12.0. The molecule has 0 heterocycles. The molecule has 2 nitrogen and oxygen atoms in total. The molecule has 0 bridgehead atoms. The Morgan fingerprint density at radius 1 is 1.47 bits per heavy atom. The first-order valence-electron chi connectivity index (χ1n) is 4.44. The summed E-state index contributed by atoms with van der Waals surface area (Å²) in [5.74, 6) is -0.681. The van der Waals surface area contributed by atoms with E-state index in [0.29, 0.717) is 0 Å². The molecule has 0 radical (unpaired) electrons. The highest BCUT2D eigenvalue weighted by atomic mass is 127. The molecule has 7 heteroatoms. The molecule has 17 heavy (non-hydrogen) atoms. The number of hydrogen-bond acceptors (Lipinski definition) is 2. The molecule has 0 fully saturated rings. The molecular weight excluding hydrogens is 371 g/mol. The number of ether oxygens (including phenoxy) is 1. The molecule has 1 aromatic rings. The highest BCUT2D eigenvalue weighted by Crippen LogP contribution is 2.28. The van der Waals surface area contributed by atoms with E-state index in [2.05, 4.69) is 4.74 Å². The van der Waals surface area contributed by atoms with Crippen LogP contribution in [0.3, 0.4) is 0 Å². The van der Waals surface area contributed by atoms with E-state index in [9.17, 15) is 18.0 Å². The smallest absolute Gasteiger partial charge is 0.405 e. The number of ketones is 1. The number of carbonyl (C=O) groups is 1. The molecule has 0 saturated heterocycles. The summed E-state index contributed by atoms with van der Waals surface area (Å²) in [5.41, 5.74) is 0.256. The topological polar surface area (TPSA) is 26.3 Å². The number of Topliss-reactive ketones (excluding diaryl/α,β-unsaturated/α-hetero) is 1. The fourth-order valence-electron chi connectivity index (χ4n) is 1.09. The second-order valence-corrected chi connectivity index (χ2v) is 4.99. The van der Waals surface area contributed by atoms with Gasteiger partial charge in [-0.15, -0.1) is 24.8 Å². The van der Waals surface area contributed by atoms with Gasteiger partial charge in [0.25, 0.3) is 0 Å². The minimum Gasteiger partial charge on any atom is -0.405 e. The highest BCUT2D eigenvalue weighted by Gasteiger charge is 2.32. The zero-order valence-corrected chi connectivity index (χ0v) is 11.4. The van der Waals surface area contributed by atoms with Crippen LogP contribution in [-0.2, 0) is 0 Å². The van der Waals surface area contributed by atoms with Crippen molar-refractivity contribution in [2.24, 2.45) is 0 Å². The van der Waals surface area contributed by atoms with Crippen molar-refractivity contribution in [2.45, 2.75) is 18.7 Å². The Balaban J connectivity index is 2.98. The van der Waals surface area contributed by atoms with Gasteiger partial charge in [0, 0.05) is 5.56 Å². The lowest BCUT2D eigenvalue weighted by Crippen LogP contribution is -2.18. The minimum absolute atomic E-state index is 0.197. The van der Waals surface area contributed by atoms with Gasteiger partial charge in [0.05, 0.1) is 8.95 Å². The average molecular weight is 379 g/mol. The van der Waals surface area contributed by atoms with Crippen molar-refractivity contribution in [1.29, 1.82) is 0 Å². The summed E-state index contributed by atoms with van der Waals surface area (Å²) >= 11 is 7.26. The second kappa shape index (κ2) is 5.43. The van der Waals surface area contributed by atoms with Gasteiger partial charge in [0.2, 0.25) is 0 Å². The number of rotatable bonds is 3. The third-order valence-corrected chi connectivity index (χ3v) is 2.84. The van der Waals surface area contributed by atoms with Gasteiger partial charge in [-0.25, -0.2) is 0 Å². The fourth-order valence-corrected chi connectivity index (χ4v) is 1.84. The van der Waals surface area contributed by atoms with Crippen molar-refractivity contribution in [1.82, 2.24) is 0 Å². The summed E-state index contributed by atoms with van der Waals surface area (Å²) in [6.07, 6.45) is -4.74. The van der Waals surface area contributed by atoms with E-state index in [-0.39, 0.29) is 20.7 Å². The highest BCUT2D eigenvalue weighted by molar-refractivity contribution is 14.1.